The van der Waals surface area contributed by atoms with E-state index in [4.69, 9.17) is 5.26 Å². The van der Waals surface area contributed by atoms with E-state index in [9.17, 15) is 0 Å². The van der Waals surface area contributed by atoms with Gasteiger partial charge in [0.05, 0.1) is 11.8 Å². The summed E-state index contributed by atoms with van der Waals surface area (Å²) >= 11 is 0. The molecule has 1 heterocycles. The molecule has 1 rings (SSSR count). The minimum Gasteiger partial charge on any atom is -0.283 e. The fourth-order valence-corrected chi connectivity index (χ4v) is 1.07. The van der Waals surface area contributed by atoms with Crippen molar-refractivity contribution in [1.29, 1.82) is 5.26 Å². The van der Waals surface area contributed by atoms with Gasteiger partial charge in [0.15, 0.2) is 0 Å². The maximum atomic E-state index is 8.93. The predicted octanol–water partition coefficient (Wildman–Crippen LogP) is 1.15. The van der Waals surface area contributed by atoms with Crippen molar-refractivity contribution in [2.45, 2.75) is 25.9 Å². The predicted molar refractivity (Wildman–Crippen MR) is 54.4 cm³/mol. The Morgan fingerprint density at radius 2 is 2.29 bits per heavy atom. The minimum atomic E-state index is -0.447. The van der Waals surface area contributed by atoms with Gasteiger partial charge in [0.25, 0.3) is 0 Å². The quantitative estimate of drug-likeness (QED) is 0.721. The molecule has 0 aromatic carbocycles. The highest BCUT2D eigenvalue weighted by Crippen LogP contribution is 2.13. The van der Waals surface area contributed by atoms with Gasteiger partial charge in [-0.2, -0.15) is 10.4 Å². The first-order chi connectivity index (χ1) is 6.45. The number of aromatic nitrogens is 2. The lowest BCUT2D eigenvalue weighted by molar-refractivity contribution is 0.200. The molecule has 0 atom stereocenters. The third-order valence-corrected chi connectivity index (χ3v) is 2.40. The van der Waals surface area contributed by atoms with Gasteiger partial charge >= 0.3 is 0 Å². The number of aryl methyl sites for hydroxylation is 1. The van der Waals surface area contributed by atoms with Crippen molar-refractivity contribution in [3.63, 3.8) is 0 Å². The van der Waals surface area contributed by atoms with Gasteiger partial charge in [0, 0.05) is 19.8 Å². The highest BCUT2D eigenvalue weighted by Gasteiger charge is 2.23. The monoisotopic (exact) mass is 192 g/mol. The van der Waals surface area contributed by atoms with Gasteiger partial charge in [-0.1, -0.05) is 0 Å². The zero-order chi connectivity index (χ0) is 10.8. The molecule has 0 unspecified atom stereocenters. The topological polar surface area (TPSA) is 44.9 Å². The number of hydrogen-bond donors (Lipinski definition) is 0. The number of rotatable bonds is 3. The van der Waals surface area contributed by atoms with Crippen LogP contribution in [-0.2, 0) is 13.6 Å². The van der Waals surface area contributed by atoms with Crippen LogP contribution < -0.4 is 0 Å². The molecule has 1 aromatic heterocycles. The van der Waals surface area contributed by atoms with E-state index in [1.807, 2.05) is 45.1 Å². The van der Waals surface area contributed by atoms with E-state index in [1.54, 1.807) is 4.68 Å². The molecule has 0 aliphatic heterocycles. The fraction of sp³-hybridized carbons (Fsp3) is 0.600. The molecule has 0 saturated carbocycles. The molecule has 0 N–H and O–H groups in total. The standard InChI is InChI=1S/C10H16N4/c1-10(2,8-11)13(3)7-9-5-6-14(4)12-9/h5-6H,7H2,1-4H3. The Morgan fingerprint density at radius 1 is 1.64 bits per heavy atom. The molecule has 0 aliphatic carbocycles. The summed E-state index contributed by atoms with van der Waals surface area (Å²) in [4.78, 5) is 1.98. The molecule has 4 nitrogen and oxygen atoms in total. The van der Waals surface area contributed by atoms with Crippen LogP contribution in [0.1, 0.15) is 19.5 Å². The van der Waals surface area contributed by atoms with Crippen molar-refractivity contribution in [2.24, 2.45) is 7.05 Å². The molecule has 76 valence electrons. The first-order valence-corrected chi connectivity index (χ1v) is 4.57. The van der Waals surface area contributed by atoms with Crippen LogP contribution >= 0.6 is 0 Å². The highest BCUT2D eigenvalue weighted by molar-refractivity contribution is 5.05. The Hall–Kier alpha value is -1.34. The Kier molecular flexibility index (Phi) is 2.92. The van der Waals surface area contributed by atoms with Crippen molar-refractivity contribution in [2.75, 3.05) is 7.05 Å². The van der Waals surface area contributed by atoms with Crippen molar-refractivity contribution in [1.82, 2.24) is 14.7 Å². The van der Waals surface area contributed by atoms with Crippen LogP contribution in [0.25, 0.3) is 0 Å². The minimum absolute atomic E-state index is 0.447. The Bertz CT molecular complexity index is 345. The summed E-state index contributed by atoms with van der Waals surface area (Å²) in [5.41, 5.74) is 0.538. The van der Waals surface area contributed by atoms with Crippen molar-refractivity contribution < 1.29 is 0 Å². The maximum Gasteiger partial charge on any atom is 0.103 e. The molecular formula is C10H16N4. The molecule has 0 aliphatic rings. The van der Waals surface area contributed by atoms with Crippen LogP contribution in [0.4, 0.5) is 0 Å². The summed E-state index contributed by atoms with van der Waals surface area (Å²) in [7, 11) is 3.82. The van der Waals surface area contributed by atoms with E-state index in [0.29, 0.717) is 6.54 Å². The smallest absolute Gasteiger partial charge is 0.103 e. The lowest BCUT2D eigenvalue weighted by Gasteiger charge is -2.27. The number of nitriles is 1. The van der Waals surface area contributed by atoms with Crippen molar-refractivity contribution in [3.05, 3.63) is 18.0 Å². The Balaban J connectivity index is 2.67. The molecule has 0 saturated heterocycles. The van der Waals surface area contributed by atoms with E-state index >= 15 is 0 Å². The van der Waals surface area contributed by atoms with Crippen LogP contribution in [0.2, 0.25) is 0 Å². The van der Waals surface area contributed by atoms with E-state index in [1.165, 1.54) is 0 Å². The number of hydrogen-bond acceptors (Lipinski definition) is 3. The van der Waals surface area contributed by atoms with E-state index in [-0.39, 0.29) is 0 Å². The molecule has 0 amide bonds. The summed E-state index contributed by atoms with van der Waals surface area (Å²) in [6.07, 6.45) is 1.91. The second-order valence-corrected chi connectivity index (χ2v) is 4.01. The van der Waals surface area contributed by atoms with Crippen LogP contribution in [0, 0.1) is 11.3 Å². The average molecular weight is 192 g/mol. The summed E-state index contributed by atoms with van der Waals surface area (Å²) in [5.74, 6) is 0. The van der Waals surface area contributed by atoms with Gasteiger partial charge in [0.1, 0.15) is 5.54 Å². The third-order valence-electron chi connectivity index (χ3n) is 2.40. The summed E-state index contributed by atoms with van der Waals surface area (Å²) in [6.45, 7) is 4.49. The maximum absolute atomic E-state index is 8.93. The van der Waals surface area contributed by atoms with Gasteiger partial charge in [0.2, 0.25) is 0 Å². The summed E-state index contributed by atoms with van der Waals surface area (Å²) in [6, 6.07) is 4.22. The zero-order valence-electron chi connectivity index (χ0n) is 9.15. The van der Waals surface area contributed by atoms with Gasteiger partial charge < -0.3 is 0 Å². The molecule has 0 radical (unpaired) electrons. The molecule has 0 bridgehead atoms. The van der Waals surface area contributed by atoms with Gasteiger partial charge in [-0.3, -0.25) is 9.58 Å². The van der Waals surface area contributed by atoms with E-state index < -0.39 is 5.54 Å². The van der Waals surface area contributed by atoms with Crippen LogP contribution in [-0.4, -0.2) is 27.3 Å². The first-order valence-electron chi connectivity index (χ1n) is 4.57. The molecular weight excluding hydrogens is 176 g/mol. The van der Waals surface area contributed by atoms with Crippen LogP contribution in [0.15, 0.2) is 12.3 Å². The molecule has 0 spiro atoms. The van der Waals surface area contributed by atoms with Gasteiger partial charge in [-0.25, -0.2) is 0 Å². The molecule has 4 heteroatoms. The van der Waals surface area contributed by atoms with Gasteiger partial charge in [-0.05, 0) is 27.0 Å². The van der Waals surface area contributed by atoms with Crippen molar-refractivity contribution in [3.8, 4) is 6.07 Å². The summed E-state index contributed by atoms with van der Waals surface area (Å²) < 4.78 is 1.77. The third kappa shape index (κ3) is 2.33. The van der Waals surface area contributed by atoms with Crippen molar-refractivity contribution >= 4 is 0 Å². The molecule has 0 fully saturated rings. The highest BCUT2D eigenvalue weighted by atomic mass is 15.3. The van der Waals surface area contributed by atoms with Gasteiger partial charge in [-0.15, -0.1) is 0 Å². The largest absolute Gasteiger partial charge is 0.283 e. The fourth-order valence-electron chi connectivity index (χ4n) is 1.07. The normalized spacial score (nSPS) is 11.7. The Labute approximate surface area is 84.7 Å². The molecule has 1 aromatic rings. The summed E-state index contributed by atoms with van der Waals surface area (Å²) in [5, 5.41) is 13.2. The zero-order valence-corrected chi connectivity index (χ0v) is 9.15. The Morgan fingerprint density at radius 3 is 2.71 bits per heavy atom. The first kappa shape index (κ1) is 10.7. The average Bonchev–Trinajstić information content (AvgIpc) is 2.51. The lowest BCUT2D eigenvalue weighted by atomic mass is 10.1. The van der Waals surface area contributed by atoms with Crippen LogP contribution in [0.5, 0.6) is 0 Å². The van der Waals surface area contributed by atoms with Crippen LogP contribution in [0.3, 0.4) is 0 Å². The second kappa shape index (κ2) is 3.81. The van der Waals surface area contributed by atoms with E-state index in [2.05, 4.69) is 11.2 Å². The van der Waals surface area contributed by atoms with E-state index in [0.717, 1.165) is 5.69 Å². The SMILES string of the molecule is CN(Cc1ccn(C)n1)C(C)(C)C#N. The second-order valence-electron chi connectivity index (χ2n) is 4.01. The lowest BCUT2D eigenvalue weighted by Crippen LogP contribution is -2.39. The number of nitrogens with zero attached hydrogens (tertiary/aromatic N) is 4. The molecule has 14 heavy (non-hydrogen) atoms.